The van der Waals surface area contributed by atoms with Crippen LogP contribution in [0.3, 0.4) is 0 Å². The molecule has 0 atom stereocenters. The molecule has 0 heterocycles. The number of halogens is 1. The van der Waals surface area contributed by atoms with Crippen molar-refractivity contribution in [3.05, 3.63) is 0 Å². The molecule has 136 valence electrons. The molecule has 1 fully saturated rings. The van der Waals surface area contributed by atoms with Crippen LogP contribution in [0.2, 0.25) is 0 Å². The third kappa shape index (κ3) is 11.4. The summed E-state index contributed by atoms with van der Waals surface area (Å²) in [5, 5.41) is 9.50. The van der Waals surface area contributed by atoms with Gasteiger partial charge in [-0.05, 0) is 40.0 Å². The highest BCUT2D eigenvalue weighted by Gasteiger charge is 2.16. The average Bonchev–Trinajstić information content (AvgIpc) is 2.45. The summed E-state index contributed by atoms with van der Waals surface area (Å²) in [7, 11) is 1.79. The molecule has 0 aromatic rings. The Morgan fingerprint density at radius 3 is 2.30 bits per heavy atom. The number of amides is 1. The minimum absolute atomic E-state index is 0. The molecule has 0 aromatic carbocycles. The lowest BCUT2D eigenvalue weighted by molar-refractivity contribution is 0.0527. The van der Waals surface area contributed by atoms with Crippen molar-refractivity contribution < 1.29 is 9.53 Å². The Balaban J connectivity index is 0.00000484. The summed E-state index contributed by atoms with van der Waals surface area (Å²) in [6, 6.07) is 0.542. The SMILES string of the molecule is CN=C(NCCCNC(=O)OC(C)(C)C)NC1CCCCC1.I. The van der Waals surface area contributed by atoms with E-state index >= 15 is 0 Å². The molecule has 0 aliphatic heterocycles. The lowest BCUT2D eigenvalue weighted by Crippen LogP contribution is -2.44. The molecule has 1 rings (SSSR count). The number of aliphatic imine (C=N–C) groups is 1. The fourth-order valence-electron chi connectivity index (χ4n) is 2.43. The van der Waals surface area contributed by atoms with Crippen molar-refractivity contribution in [1.29, 1.82) is 0 Å². The Bertz CT molecular complexity index is 364. The molecule has 7 heteroatoms. The Labute approximate surface area is 157 Å². The number of carbonyl (C=O) groups is 1. The van der Waals surface area contributed by atoms with E-state index in [-0.39, 0.29) is 30.1 Å². The fourth-order valence-corrected chi connectivity index (χ4v) is 2.43. The molecule has 0 unspecified atom stereocenters. The van der Waals surface area contributed by atoms with E-state index in [9.17, 15) is 4.79 Å². The van der Waals surface area contributed by atoms with Crippen LogP contribution in [0.25, 0.3) is 0 Å². The number of rotatable bonds is 5. The molecule has 0 saturated heterocycles. The van der Waals surface area contributed by atoms with E-state index in [4.69, 9.17) is 4.74 Å². The van der Waals surface area contributed by atoms with Crippen LogP contribution in [-0.4, -0.2) is 43.8 Å². The first kappa shape index (κ1) is 22.3. The fraction of sp³-hybridized carbons (Fsp3) is 0.875. The molecule has 1 saturated carbocycles. The highest BCUT2D eigenvalue weighted by molar-refractivity contribution is 14.0. The first-order valence-corrected chi connectivity index (χ1v) is 8.35. The summed E-state index contributed by atoms with van der Waals surface area (Å²) < 4.78 is 5.18. The summed E-state index contributed by atoms with van der Waals surface area (Å²) in [4.78, 5) is 15.7. The first-order valence-electron chi connectivity index (χ1n) is 8.35. The van der Waals surface area contributed by atoms with Gasteiger partial charge in [0, 0.05) is 26.2 Å². The van der Waals surface area contributed by atoms with Crippen LogP contribution in [0.5, 0.6) is 0 Å². The number of alkyl carbamates (subject to hydrolysis) is 1. The highest BCUT2D eigenvalue weighted by Crippen LogP contribution is 2.17. The van der Waals surface area contributed by atoms with Crippen molar-refractivity contribution in [2.75, 3.05) is 20.1 Å². The Morgan fingerprint density at radius 2 is 1.74 bits per heavy atom. The minimum Gasteiger partial charge on any atom is -0.444 e. The quantitative estimate of drug-likeness (QED) is 0.266. The lowest BCUT2D eigenvalue weighted by Gasteiger charge is -2.24. The molecule has 1 aliphatic rings. The van der Waals surface area contributed by atoms with Gasteiger partial charge in [-0.1, -0.05) is 19.3 Å². The monoisotopic (exact) mass is 440 g/mol. The zero-order chi connectivity index (χ0) is 16.4. The van der Waals surface area contributed by atoms with Crippen molar-refractivity contribution in [2.24, 2.45) is 4.99 Å². The van der Waals surface area contributed by atoms with Gasteiger partial charge < -0.3 is 20.7 Å². The van der Waals surface area contributed by atoms with Gasteiger partial charge >= 0.3 is 6.09 Å². The van der Waals surface area contributed by atoms with Crippen LogP contribution in [0.4, 0.5) is 4.79 Å². The molecule has 3 N–H and O–H groups in total. The maximum atomic E-state index is 11.5. The van der Waals surface area contributed by atoms with Gasteiger partial charge in [-0.15, -0.1) is 24.0 Å². The van der Waals surface area contributed by atoms with Crippen LogP contribution >= 0.6 is 24.0 Å². The Morgan fingerprint density at radius 1 is 1.13 bits per heavy atom. The minimum atomic E-state index is -0.450. The largest absolute Gasteiger partial charge is 0.444 e. The predicted octanol–water partition coefficient (Wildman–Crippen LogP) is 3.02. The second-order valence-corrected chi connectivity index (χ2v) is 6.76. The van der Waals surface area contributed by atoms with E-state index in [0.717, 1.165) is 18.9 Å². The summed E-state index contributed by atoms with van der Waals surface area (Å²) in [6.45, 7) is 6.92. The molecule has 0 spiro atoms. The van der Waals surface area contributed by atoms with Crippen molar-refractivity contribution in [3.8, 4) is 0 Å². The first-order chi connectivity index (χ1) is 10.4. The third-order valence-electron chi connectivity index (χ3n) is 3.48. The molecule has 0 radical (unpaired) electrons. The molecule has 6 nitrogen and oxygen atoms in total. The second-order valence-electron chi connectivity index (χ2n) is 6.76. The summed E-state index contributed by atoms with van der Waals surface area (Å²) >= 11 is 0. The predicted molar refractivity (Wildman–Crippen MR) is 106 cm³/mol. The van der Waals surface area contributed by atoms with E-state index in [1.54, 1.807) is 7.05 Å². The van der Waals surface area contributed by atoms with Crippen LogP contribution in [-0.2, 0) is 4.74 Å². The van der Waals surface area contributed by atoms with E-state index in [0.29, 0.717) is 12.6 Å². The van der Waals surface area contributed by atoms with Crippen LogP contribution in [0.1, 0.15) is 59.3 Å². The standard InChI is InChI=1S/C16H32N4O2.HI/c1-16(2,3)22-15(21)19-12-8-11-18-14(17-4)20-13-9-6-5-7-10-13;/h13H,5-12H2,1-4H3,(H,19,21)(H2,17,18,20);1H. The second kappa shape index (κ2) is 11.8. The zero-order valence-electron chi connectivity index (χ0n) is 14.9. The topological polar surface area (TPSA) is 74.8 Å². The number of nitrogens with zero attached hydrogens (tertiary/aromatic N) is 1. The van der Waals surface area contributed by atoms with Crippen LogP contribution in [0.15, 0.2) is 4.99 Å². The summed E-state index contributed by atoms with van der Waals surface area (Å²) in [5.41, 5.74) is -0.450. The van der Waals surface area contributed by atoms with Crippen molar-refractivity contribution >= 4 is 36.0 Å². The van der Waals surface area contributed by atoms with E-state index < -0.39 is 5.60 Å². The van der Waals surface area contributed by atoms with E-state index in [1.807, 2.05) is 20.8 Å². The van der Waals surface area contributed by atoms with Crippen molar-refractivity contribution in [1.82, 2.24) is 16.0 Å². The molecular formula is C16H33IN4O2. The Kier molecular flexibility index (Phi) is 11.4. The normalized spacial score (nSPS) is 16.3. The number of nitrogens with one attached hydrogen (secondary N) is 3. The number of ether oxygens (including phenoxy) is 1. The van der Waals surface area contributed by atoms with Gasteiger partial charge in [0.1, 0.15) is 5.60 Å². The highest BCUT2D eigenvalue weighted by atomic mass is 127. The average molecular weight is 440 g/mol. The van der Waals surface area contributed by atoms with Crippen LogP contribution in [0, 0.1) is 0 Å². The number of carbonyl (C=O) groups excluding carboxylic acids is 1. The molecule has 23 heavy (non-hydrogen) atoms. The maximum Gasteiger partial charge on any atom is 0.407 e. The molecule has 1 aliphatic carbocycles. The van der Waals surface area contributed by atoms with Gasteiger partial charge in [-0.3, -0.25) is 4.99 Å². The van der Waals surface area contributed by atoms with Gasteiger partial charge in [0.2, 0.25) is 0 Å². The van der Waals surface area contributed by atoms with Gasteiger partial charge in [-0.2, -0.15) is 0 Å². The molecular weight excluding hydrogens is 407 g/mol. The number of hydrogen-bond donors (Lipinski definition) is 3. The smallest absolute Gasteiger partial charge is 0.407 e. The van der Waals surface area contributed by atoms with Gasteiger partial charge in [0.05, 0.1) is 0 Å². The Hall–Kier alpha value is -0.730. The van der Waals surface area contributed by atoms with Gasteiger partial charge in [0.15, 0.2) is 5.96 Å². The zero-order valence-corrected chi connectivity index (χ0v) is 17.2. The third-order valence-corrected chi connectivity index (χ3v) is 3.48. The number of guanidine groups is 1. The van der Waals surface area contributed by atoms with Crippen molar-refractivity contribution in [2.45, 2.75) is 70.9 Å². The molecule has 1 amide bonds. The van der Waals surface area contributed by atoms with Gasteiger partial charge in [-0.25, -0.2) is 4.79 Å². The molecule has 0 aromatic heterocycles. The maximum absolute atomic E-state index is 11.5. The summed E-state index contributed by atoms with van der Waals surface area (Å²) in [5.74, 6) is 0.851. The van der Waals surface area contributed by atoms with Crippen LogP contribution < -0.4 is 16.0 Å². The van der Waals surface area contributed by atoms with Crippen molar-refractivity contribution in [3.63, 3.8) is 0 Å². The van der Waals surface area contributed by atoms with E-state index in [1.165, 1.54) is 32.1 Å². The molecule has 0 bridgehead atoms. The summed E-state index contributed by atoms with van der Waals surface area (Å²) in [6.07, 6.45) is 6.85. The van der Waals surface area contributed by atoms with Gasteiger partial charge in [0.25, 0.3) is 0 Å². The van der Waals surface area contributed by atoms with E-state index in [2.05, 4.69) is 20.9 Å². The number of hydrogen-bond acceptors (Lipinski definition) is 3. The lowest BCUT2D eigenvalue weighted by atomic mass is 9.96.